The summed E-state index contributed by atoms with van der Waals surface area (Å²) >= 11 is 0. The van der Waals surface area contributed by atoms with Crippen LogP contribution in [0.15, 0.2) is 24.3 Å². The van der Waals surface area contributed by atoms with Crippen molar-refractivity contribution in [1.82, 2.24) is 5.32 Å². The molecule has 1 fully saturated rings. The molecule has 0 bridgehead atoms. The molecule has 20 heavy (non-hydrogen) atoms. The van der Waals surface area contributed by atoms with Crippen LogP contribution in [0.2, 0.25) is 0 Å². The standard InChI is InChI=1S/C14H20N2O3.ClH/c1-18-8-9-19-12-5-2-4-11(10-12)16-14(17)13-6-3-7-15-13;/h2,4-5,10,13,15H,3,6-9H2,1H3,(H,16,17);1H/t13-;/m0./s1. The van der Waals surface area contributed by atoms with E-state index in [1.54, 1.807) is 7.11 Å². The number of anilines is 1. The summed E-state index contributed by atoms with van der Waals surface area (Å²) in [5.41, 5.74) is 0.758. The molecule has 0 aliphatic carbocycles. The summed E-state index contributed by atoms with van der Waals surface area (Å²) in [4.78, 5) is 12.0. The van der Waals surface area contributed by atoms with E-state index in [9.17, 15) is 4.79 Å². The molecule has 0 aromatic heterocycles. The first-order valence-corrected chi connectivity index (χ1v) is 6.55. The lowest BCUT2D eigenvalue weighted by molar-refractivity contribution is -0.117. The number of halogens is 1. The van der Waals surface area contributed by atoms with E-state index in [1.807, 2.05) is 24.3 Å². The van der Waals surface area contributed by atoms with E-state index in [2.05, 4.69) is 10.6 Å². The molecule has 0 unspecified atom stereocenters. The Bertz CT molecular complexity index is 423. The Morgan fingerprint density at radius 2 is 2.30 bits per heavy atom. The monoisotopic (exact) mass is 300 g/mol. The lowest BCUT2D eigenvalue weighted by Gasteiger charge is -2.12. The summed E-state index contributed by atoms with van der Waals surface area (Å²) in [7, 11) is 1.63. The number of carbonyl (C=O) groups is 1. The predicted molar refractivity (Wildman–Crippen MR) is 80.7 cm³/mol. The van der Waals surface area contributed by atoms with Crippen LogP contribution in [0.4, 0.5) is 5.69 Å². The van der Waals surface area contributed by atoms with Crippen molar-refractivity contribution in [2.24, 2.45) is 0 Å². The molecular weight excluding hydrogens is 280 g/mol. The van der Waals surface area contributed by atoms with Crippen LogP contribution in [-0.2, 0) is 9.53 Å². The smallest absolute Gasteiger partial charge is 0.241 e. The minimum absolute atomic E-state index is 0. The van der Waals surface area contributed by atoms with Crippen molar-refractivity contribution in [2.75, 3.05) is 32.2 Å². The van der Waals surface area contributed by atoms with Crippen molar-refractivity contribution in [3.05, 3.63) is 24.3 Å². The third-order valence-corrected chi connectivity index (χ3v) is 3.03. The maximum absolute atomic E-state index is 12.0. The molecule has 0 spiro atoms. The van der Waals surface area contributed by atoms with Crippen molar-refractivity contribution >= 4 is 24.0 Å². The molecular formula is C14H21ClN2O3. The topological polar surface area (TPSA) is 59.6 Å². The number of nitrogens with one attached hydrogen (secondary N) is 2. The van der Waals surface area contributed by atoms with E-state index in [4.69, 9.17) is 9.47 Å². The number of hydrogen-bond donors (Lipinski definition) is 2. The molecule has 0 saturated carbocycles. The Balaban J connectivity index is 0.00000200. The van der Waals surface area contributed by atoms with Gasteiger partial charge in [-0.05, 0) is 31.5 Å². The fraction of sp³-hybridized carbons (Fsp3) is 0.500. The Hall–Kier alpha value is -1.30. The van der Waals surface area contributed by atoms with Crippen LogP contribution in [0, 0.1) is 0 Å². The highest BCUT2D eigenvalue weighted by Gasteiger charge is 2.21. The van der Waals surface area contributed by atoms with Crippen LogP contribution >= 0.6 is 12.4 Å². The molecule has 1 aliphatic rings. The van der Waals surface area contributed by atoms with Gasteiger partial charge in [0.1, 0.15) is 12.4 Å². The average Bonchev–Trinajstić information content (AvgIpc) is 2.93. The van der Waals surface area contributed by atoms with Gasteiger partial charge < -0.3 is 20.1 Å². The first kappa shape index (κ1) is 16.8. The number of rotatable bonds is 6. The predicted octanol–water partition coefficient (Wildman–Crippen LogP) is 1.82. The van der Waals surface area contributed by atoms with Gasteiger partial charge in [-0.15, -0.1) is 12.4 Å². The highest BCUT2D eigenvalue weighted by atomic mass is 35.5. The number of amides is 1. The van der Waals surface area contributed by atoms with Crippen LogP contribution in [0.5, 0.6) is 5.75 Å². The van der Waals surface area contributed by atoms with E-state index in [1.165, 1.54) is 0 Å². The molecule has 1 aromatic carbocycles. The van der Waals surface area contributed by atoms with Gasteiger partial charge in [0, 0.05) is 18.9 Å². The van der Waals surface area contributed by atoms with Gasteiger partial charge in [0.2, 0.25) is 5.91 Å². The van der Waals surface area contributed by atoms with Crippen LogP contribution in [0.25, 0.3) is 0 Å². The first-order valence-electron chi connectivity index (χ1n) is 6.55. The normalized spacial score (nSPS) is 17.4. The van der Waals surface area contributed by atoms with Crippen molar-refractivity contribution < 1.29 is 14.3 Å². The number of ether oxygens (including phenoxy) is 2. The summed E-state index contributed by atoms with van der Waals surface area (Å²) in [6.45, 7) is 1.96. The van der Waals surface area contributed by atoms with Crippen LogP contribution in [0.3, 0.4) is 0 Å². The van der Waals surface area contributed by atoms with Crippen LogP contribution in [-0.4, -0.2) is 38.8 Å². The van der Waals surface area contributed by atoms with Crippen molar-refractivity contribution in [1.29, 1.82) is 0 Å². The molecule has 1 aromatic rings. The quantitative estimate of drug-likeness (QED) is 0.787. The van der Waals surface area contributed by atoms with Gasteiger partial charge in [-0.25, -0.2) is 0 Å². The van der Waals surface area contributed by atoms with Gasteiger partial charge in [0.05, 0.1) is 12.6 Å². The zero-order chi connectivity index (χ0) is 13.5. The van der Waals surface area contributed by atoms with Crippen molar-refractivity contribution in [3.63, 3.8) is 0 Å². The summed E-state index contributed by atoms with van der Waals surface area (Å²) in [5, 5.41) is 6.08. The molecule has 0 radical (unpaired) electrons. The lowest BCUT2D eigenvalue weighted by Crippen LogP contribution is -2.35. The molecule has 2 N–H and O–H groups in total. The van der Waals surface area contributed by atoms with Gasteiger partial charge in [0.15, 0.2) is 0 Å². The Morgan fingerprint density at radius 1 is 1.45 bits per heavy atom. The van der Waals surface area contributed by atoms with Gasteiger partial charge >= 0.3 is 0 Å². The Labute approximate surface area is 125 Å². The minimum Gasteiger partial charge on any atom is -0.491 e. The molecule has 1 heterocycles. The molecule has 1 saturated heterocycles. The fourth-order valence-corrected chi connectivity index (χ4v) is 2.04. The highest BCUT2D eigenvalue weighted by Crippen LogP contribution is 2.18. The number of hydrogen-bond acceptors (Lipinski definition) is 4. The third-order valence-electron chi connectivity index (χ3n) is 3.03. The summed E-state index contributed by atoms with van der Waals surface area (Å²) in [6, 6.07) is 7.33. The fourth-order valence-electron chi connectivity index (χ4n) is 2.04. The van der Waals surface area contributed by atoms with E-state index in [-0.39, 0.29) is 24.4 Å². The lowest BCUT2D eigenvalue weighted by atomic mass is 10.2. The molecule has 5 nitrogen and oxygen atoms in total. The van der Waals surface area contributed by atoms with Gasteiger partial charge in [-0.1, -0.05) is 6.07 Å². The van der Waals surface area contributed by atoms with E-state index >= 15 is 0 Å². The average molecular weight is 301 g/mol. The SMILES string of the molecule is COCCOc1cccc(NC(=O)[C@@H]2CCCN2)c1.Cl. The second-order valence-electron chi connectivity index (χ2n) is 4.51. The van der Waals surface area contributed by atoms with E-state index in [0.717, 1.165) is 30.8 Å². The van der Waals surface area contributed by atoms with Gasteiger partial charge in [-0.2, -0.15) is 0 Å². The molecule has 2 rings (SSSR count). The maximum Gasteiger partial charge on any atom is 0.241 e. The molecule has 1 atom stereocenters. The summed E-state index contributed by atoms with van der Waals surface area (Å²) in [6.07, 6.45) is 1.95. The Morgan fingerprint density at radius 3 is 3.00 bits per heavy atom. The summed E-state index contributed by atoms with van der Waals surface area (Å²) in [5.74, 6) is 0.751. The zero-order valence-electron chi connectivity index (χ0n) is 11.6. The molecule has 1 amide bonds. The minimum atomic E-state index is -0.0712. The van der Waals surface area contributed by atoms with Gasteiger partial charge in [0.25, 0.3) is 0 Å². The van der Waals surface area contributed by atoms with Gasteiger partial charge in [-0.3, -0.25) is 4.79 Å². The van der Waals surface area contributed by atoms with E-state index in [0.29, 0.717) is 13.2 Å². The van der Waals surface area contributed by atoms with Crippen LogP contribution in [0.1, 0.15) is 12.8 Å². The van der Waals surface area contributed by atoms with Crippen molar-refractivity contribution in [3.8, 4) is 5.75 Å². The van der Waals surface area contributed by atoms with Crippen LogP contribution < -0.4 is 15.4 Å². The maximum atomic E-state index is 12.0. The second kappa shape index (κ2) is 8.79. The number of benzene rings is 1. The van der Waals surface area contributed by atoms with E-state index < -0.39 is 0 Å². The van der Waals surface area contributed by atoms with Crippen molar-refractivity contribution in [2.45, 2.75) is 18.9 Å². The number of carbonyl (C=O) groups excluding carboxylic acids is 1. The highest BCUT2D eigenvalue weighted by molar-refractivity contribution is 5.95. The molecule has 6 heteroatoms. The molecule has 112 valence electrons. The first-order chi connectivity index (χ1) is 9.29. The second-order valence-corrected chi connectivity index (χ2v) is 4.51. The number of methoxy groups -OCH3 is 1. The third kappa shape index (κ3) is 5.00. The largest absolute Gasteiger partial charge is 0.491 e. The Kier molecular flexibility index (Phi) is 7.36. The molecule has 1 aliphatic heterocycles. The zero-order valence-corrected chi connectivity index (χ0v) is 12.4. The summed E-state index contributed by atoms with van der Waals surface area (Å²) < 4.78 is 10.4.